The Labute approximate surface area is 220 Å². The van der Waals surface area contributed by atoms with Crippen LogP contribution >= 0.6 is 0 Å². The quantitative estimate of drug-likeness (QED) is 0.450. The molecule has 2 aliphatic heterocycles. The predicted octanol–water partition coefficient (Wildman–Crippen LogP) is 3.19. The third-order valence-electron chi connectivity index (χ3n) is 6.49. The zero-order valence-corrected chi connectivity index (χ0v) is 21.3. The minimum atomic E-state index is -0.716. The molecule has 3 aromatic rings. The molecule has 2 saturated heterocycles. The molecule has 2 N–H and O–H groups in total. The van der Waals surface area contributed by atoms with Crippen molar-refractivity contribution < 1.29 is 28.5 Å². The molecule has 2 aromatic carbocycles. The van der Waals surface area contributed by atoms with E-state index in [4.69, 9.17) is 18.9 Å². The lowest BCUT2D eigenvalue weighted by Gasteiger charge is -2.18. The number of benzene rings is 2. The molecule has 0 bridgehead atoms. The van der Waals surface area contributed by atoms with Gasteiger partial charge in [0.05, 0.1) is 43.3 Å². The number of fused-ring (bicyclic) bond motifs is 1. The first-order valence-electron chi connectivity index (χ1n) is 12.2. The number of carbonyl (C=O) groups excluding carboxylic acids is 2. The molecule has 5 rings (SSSR count). The Balaban J connectivity index is 1.20. The maximum atomic E-state index is 12.6. The molecule has 1 aromatic heterocycles. The van der Waals surface area contributed by atoms with E-state index in [-0.39, 0.29) is 24.3 Å². The molecule has 0 aliphatic carbocycles. The van der Waals surface area contributed by atoms with Gasteiger partial charge in [0, 0.05) is 31.5 Å². The van der Waals surface area contributed by atoms with Crippen molar-refractivity contribution in [2.24, 2.45) is 0 Å². The minimum absolute atomic E-state index is 0.179. The van der Waals surface area contributed by atoms with Gasteiger partial charge in [0.15, 0.2) is 6.10 Å². The van der Waals surface area contributed by atoms with Crippen LogP contribution < -0.4 is 15.5 Å². The van der Waals surface area contributed by atoms with Crippen molar-refractivity contribution in [3.63, 3.8) is 0 Å². The van der Waals surface area contributed by atoms with Crippen molar-refractivity contribution in [1.29, 1.82) is 0 Å². The van der Waals surface area contributed by atoms with Crippen LogP contribution in [0.15, 0.2) is 60.8 Å². The van der Waals surface area contributed by atoms with E-state index in [9.17, 15) is 9.59 Å². The number of nitrogens with zero attached hydrogens (tertiary/aromatic N) is 3. The van der Waals surface area contributed by atoms with Crippen LogP contribution in [0.1, 0.15) is 10.4 Å². The fourth-order valence-corrected chi connectivity index (χ4v) is 4.53. The van der Waals surface area contributed by atoms with Gasteiger partial charge < -0.3 is 29.2 Å². The number of ether oxygens (including phenoxy) is 4. The summed E-state index contributed by atoms with van der Waals surface area (Å²) in [5.74, 6) is -0.103. The van der Waals surface area contributed by atoms with E-state index >= 15 is 0 Å². The van der Waals surface area contributed by atoms with Crippen LogP contribution in [0.5, 0.6) is 0 Å². The molecule has 3 heterocycles. The van der Waals surface area contributed by atoms with E-state index in [1.165, 1.54) is 7.11 Å². The summed E-state index contributed by atoms with van der Waals surface area (Å²) in [5.41, 5.74) is 3.39. The summed E-state index contributed by atoms with van der Waals surface area (Å²) < 4.78 is 22.2. The molecule has 0 radical (unpaired) electrons. The molecular weight excluding hydrogens is 490 g/mol. The maximum absolute atomic E-state index is 12.6. The van der Waals surface area contributed by atoms with E-state index < -0.39 is 24.3 Å². The Morgan fingerprint density at radius 1 is 1.00 bits per heavy atom. The summed E-state index contributed by atoms with van der Waals surface area (Å²) in [7, 11) is 5.27. The Morgan fingerprint density at radius 2 is 1.76 bits per heavy atom. The standard InChI is InChI=1S/C27H29N5O6/c1-32(2)17-10-8-16(9-11-17)19-12-13-28-26(29-19)30-21-14-36-24-22(15-37-23(21)24)38-27(34)31-20-7-5-4-6-18(20)25(33)35-3/h4-13,21-24H,14-15H2,1-3H3,(H,31,34)(H,28,29,30)/t21-,22+,23+,24+/m0/s1. The van der Waals surface area contributed by atoms with Gasteiger partial charge in [-0.1, -0.05) is 24.3 Å². The van der Waals surface area contributed by atoms with Gasteiger partial charge in [0.1, 0.15) is 12.2 Å². The number of methoxy groups -OCH3 is 1. The fraction of sp³-hybridized carbons (Fsp3) is 0.333. The molecule has 38 heavy (non-hydrogen) atoms. The van der Waals surface area contributed by atoms with Gasteiger partial charge in [-0.3, -0.25) is 5.32 Å². The molecule has 2 aliphatic rings. The van der Waals surface area contributed by atoms with Crippen LogP contribution in [-0.4, -0.2) is 80.8 Å². The number of carbonyl (C=O) groups is 2. The van der Waals surface area contributed by atoms with E-state index in [0.717, 1.165) is 16.9 Å². The first kappa shape index (κ1) is 25.4. The second-order valence-corrected chi connectivity index (χ2v) is 9.16. The first-order chi connectivity index (χ1) is 18.4. The van der Waals surface area contributed by atoms with Crippen molar-refractivity contribution >= 4 is 29.4 Å². The Hall–Kier alpha value is -4.22. The molecule has 2 fully saturated rings. The van der Waals surface area contributed by atoms with Crippen LogP contribution in [0.25, 0.3) is 11.3 Å². The van der Waals surface area contributed by atoms with Gasteiger partial charge in [-0.15, -0.1) is 0 Å². The lowest BCUT2D eigenvalue weighted by Crippen LogP contribution is -2.38. The maximum Gasteiger partial charge on any atom is 0.412 e. The third kappa shape index (κ3) is 5.38. The minimum Gasteiger partial charge on any atom is -0.465 e. The highest BCUT2D eigenvalue weighted by Crippen LogP contribution is 2.31. The van der Waals surface area contributed by atoms with Crippen LogP contribution in [0.4, 0.5) is 22.1 Å². The number of para-hydroxylation sites is 1. The van der Waals surface area contributed by atoms with Crippen LogP contribution in [0.3, 0.4) is 0 Å². The van der Waals surface area contributed by atoms with Gasteiger partial charge in [-0.05, 0) is 30.3 Å². The zero-order valence-electron chi connectivity index (χ0n) is 21.3. The highest BCUT2D eigenvalue weighted by molar-refractivity contribution is 5.99. The van der Waals surface area contributed by atoms with Gasteiger partial charge in [-0.25, -0.2) is 19.6 Å². The van der Waals surface area contributed by atoms with Crippen LogP contribution in [0.2, 0.25) is 0 Å². The topological polar surface area (TPSA) is 124 Å². The Bertz CT molecular complexity index is 1300. The molecule has 0 spiro atoms. The average molecular weight is 520 g/mol. The molecule has 4 atom stereocenters. The number of hydrogen-bond donors (Lipinski definition) is 2. The van der Waals surface area contributed by atoms with E-state index in [1.807, 2.05) is 49.3 Å². The Morgan fingerprint density at radius 3 is 2.53 bits per heavy atom. The second-order valence-electron chi connectivity index (χ2n) is 9.16. The zero-order chi connectivity index (χ0) is 26.6. The molecule has 0 unspecified atom stereocenters. The number of hydrogen-bond acceptors (Lipinski definition) is 10. The molecular formula is C27H29N5O6. The average Bonchev–Trinajstić information content (AvgIpc) is 3.52. The summed E-state index contributed by atoms with van der Waals surface area (Å²) in [4.78, 5) is 35.6. The van der Waals surface area contributed by atoms with Crippen molar-refractivity contribution in [3.05, 3.63) is 66.4 Å². The van der Waals surface area contributed by atoms with E-state index in [0.29, 0.717) is 18.2 Å². The summed E-state index contributed by atoms with van der Waals surface area (Å²) >= 11 is 0. The lowest BCUT2D eigenvalue weighted by atomic mass is 10.1. The first-order valence-corrected chi connectivity index (χ1v) is 12.2. The van der Waals surface area contributed by atoms with Crippen LogP contribution in [-0.2, 0) is 18.9 Å². The largest absolute Gasteiger partial charge is 0.465 e. The summed E-state index contributed by atoms with van der Waals surface area (Å²) in [6.45, 7) is 0.520. The SMILES string of the molecule is COC(=O)c1ccccc1NC(=O)O[C@@H]1CO[C@H]2[C@@H]1OC[C@@H]2Nc1nccc(-c2ccc(N(C)C)cc2)n1. The van der Waals surface area contributed by atoms with Crippen molar-refractivity contribution in [1.82, 2.24) is 9.97 Å². The van der Waals surface area contributed by atoms with E-state index in [1.54, 1.807) is 30.5 Å². The number of nitrogens with one attached hydrogen (secondary N) is 2. The normalized spacial score (nSPS) is 21.9. The summed E-state index contributed by atoms with van der Waals surface area (Å²) in [5, 5.41) is 5.91. The highest BCUT2D eigenvalue weighted by Gasteiger charge is 2.49. The summed E-state index contributed by atoms with van der Waals surface area (Å²) in [6, 6.07) is 16.3. The molecule has 0 saturated carbocycles. The number of esters is 1. The smallest absolute Gasteiger partial charge is 0.412 e. The second kappa shape index (κ2) is 11.0. The monoisotopic (exact) mass is 519 g/mol. The Kier molecular flexibility index (Phi) is 7.38. The molecule has 1 amide bonds. The number of rotatable bonds is 7. The van der Waals surface area contributed by atoms with E-state index in [2.05, 4.69) is 20.6 Å². The predicted molar refractivity (Wildman–Crippen MR) is 140 cm³/mol. The lowest BCUT2D eigenvalue weighted by molar-refractivity contribution is 0.00916. The fourth-order valence-electron chi connectivity index (χ4n) is 4.53. The third-order valence-corrected chi connectivity index (χ3v) is 6.49. The van der Waals surface area contributed by atoms with Gasteiger partial charge in [-0.2, -0.15) is 0 Å². The number of anilines is 3. The van der Waals surface area contributed by atoms with Gasteiger partial charge >= 0.3 is 12.1 Å². The van der Waals surface area contributed by atoms with Crippen molar-refractivity contribution in [2.45, 2.75) is 24.4 Å². The number of amides is 1. The van der Waals surface area contributed by atoms with Crippen LogP contribution in [0, 0.1) is 0 Å². The van der Waals surface area contributed by atoms with Gasteiger partial charge in [0.2, 0.25) is 5.95 Å². The van der Waals surface area contributed by atoms with Crippen molar-refractivity contribution in [3.8, 4) is 11.3 Å². The highest BCUT2D eigenvalue weighted by atomic mass is 16.6. The van der Waals surface area contributed by atoms with Crippen molar-refractivity contribution in [2.75, 3.05) is 50.0 Å². The van der Waals surface area contributed by atoms with Gasteiger partial charge in [0.25, 0.3) is 0 Å². The molecule has 11 heteroatoms. The summed E-state index contributed by atoms with van der Waals surface area (Å²) in [6.07, 6.45) is -0.417. The molecule has 11 nitrogen and oxygen atoms in total. The molecule has 198 valence electrons. The number of aromatic nitrogens is 2.